The Morgan fingerprint density at radius 2 is 1.87 bits per heavy atom. The lowest BCUT2D eigenvalue weighted by Crippen LogP contribution is -2.18. The Bertz CT molecular complexity index is 1270. The van der Waals surface area contributed by atoms with Gasteiger partial charge in [0.15, 0.2) is 5.65 Å². The highest BCUT2D eigenvalue weighted by atomic mass is 16.5. The number of aromatic amines is 1. The van der Waals surface area contributed by atoms with Crippen LogP contribution in [0.4, 0.5) is 0 Å². The van der Waals surface area contributed by atoms with E-state index >= 15 is 0 Å². The van der Waals surface area contributed by atoms with Gasteiger partial charge in [0.05, 0.1) is 31.1 Å². The van der Waals surface area contributed by atoms with Gasteiger partial charge in [-0.1, -0.05) is 12.1 Å². The smallest absolute Gasteiger partial charge is 0.272 e. The van der Waals surface area contributed by atoms with Gasteiger partial charge in [0.25, 0.3) is 5.56 Å². The molecular formula is C22H26N6O3. The minimum Gasteiger partial charge on any atom is -0.497 e. The van der Waals surface area contributed by atoms with Crippen molar-refractivity contribution in [1.29, 1.82) is 0 Å². The van der Waals surface area contributed by atoms with E-state index in [-0.39, 0.29) is 11.6 Å². The molecule has 31 heavy (non-hydrogen) atoms. The zero-order valence-corrected chi connectivity index (χ0v) is 18.3. The number of methoxy groups -OCH3 is 2. The Morgan fingerprint density at radius 3 is 2.48 bits per heavy atom. The highest BCUT2D eigenvalue weighted by molar-refractivity contribution is 5.80. The van der Waals surface area contributed by atoms with Crippen molar-refractivity contribution < 1.29 is 9.47 Å². The van der Waals surface area contributed by atoms with Crippen molar-refractivity contribution in [3.63, 3.8) is 0 Å². The van der Waals surface area contributed by atoms with Crippen molar-refractivity contribution in [2.75, 3.05) is 14.2 Å². The summed E-state index contributed by atoms with van der Waals surface area (Å²) in [5.41, 5.74) is 3.64. The average Bonchev–Trinajstić information content (AvgIpc) is 3.28. The Kier molecular flexibility index (Phi) is 5.60. The van der Waals surface area contributed by atoms with Crippen LogP contribution in [-0.4, -0.2) is 43.6 Å². The summed E-state index contributed by atoms with van der Waals surface area (Å²) in [5.74, 6) is 2.32. The van der Waals surface area contributed by atoms with Crippen LogP contribution in [0.3, 0.4) is 0 Å². The van der Waals surface area contributed by atoms with E-state index in [2.05, 4.69) is 15.2 Å². The molecule has 0 unspecified atom stereocenters. The number of benzene rings is 1. The summed E-state index contributed by atoms with van der Waals surface area (Å²) < 4.78 is 14.0. The molecule has 0 aliphatic carbocycles. The highest BCUT2D eigenvalue weighted by Gasteiger charge is 2.19. The molecule has 3 heterocycles. The fourth-order valence-corrected chi connectivity index (χ4v) is 3.89. The van der Waals surface area contributed by atoms with Crippen LogP contribution in [0.2, 0.25) is 0 Å². The third kappa shape index (κ3) is 3.96. The number of aryl methyl sites for hydroxylation is 2. The van der Waals surface area contributed by atoms with Crippen molar-refractivity contribution in [1.82, 2.24) is 29.4 Å². The number of hydrogen-bond acceptors (Lipinski definition) is 6. The molecule has 0 saturated carbocycles. The van der Waals surface area contributed by atoms with Gasteiger partial charge < -0.3 is 9.47 Å². The zero-order chi connectivity index (χ0) is 22.1. The van der Waals surface area contributed by atoms with E-state index in [1.54, 1.807) is 20.3 Å². The molecule has 1 atom stereocenters. The maximum atomic E-state index is 12.9. The standard InChI is InChI=1S/C22H26N6O3/c1-13(27-15(3)23-14(2)25-27)10-17-11-20(29)28-22(24-17)21(19(26-28)12-30-4)16-6-8-18(31-5)9-7-16/h6-9,11,13,26H,10,12H2,1-5H3/t13-/m0/s1. The summed E-state index contributed by atoms with van der Waals surface area (Å²) in [7, 11) is 3.25. The number of ether oxygens (including phenoxy) is 2. The van der Waals surface area contributed by atoms with E-state index in [1.807, 2.05) is 49.7 Å². The van der Waals surface area contributed by atoms with Gasteiger partial charge in [0.2, 0.25) is 0 Å². The van der Waals surface area contributed by atoms with E-state index in [0.29, 0.717) is 24.4 Å². The second kappa shape index (κ2) is 8.35. The van der Waals surface area contributed by atoms with Crippen LogP contribution < -0.4 is 10.3 Å². The Hall–Kier alpha value is -3.46. The molecule has 1 aromatic carbocycles. The Morgan fingerprint density at radius 1 is 1.13 bits per heavy atom. The van der Waals surface area contributed by atoms with Crippen molar-refractivity contribution in [3.8, 4) is 16.9 Å². The van der Waals surface area contributed by atoms with Crippen molar-refractivity contribution in [2.24, 2.45) is 0 Å². The monoisotopic (exact) mass is 422 g/mol. The van der Waals surface area contributed by atoms with E-state index in [4.69, 9.17) is 14.5 Å². The molecule has 3 aromatic heterocycles. The summed E-state index contributed by atoms with van der Waals surface area (Å²) in [4.78, 5) is 22.1. The molecular weight excluding hydrogens is 396 g/mol. The quantitative estimate of drug-likeness (QED) is 0.492. The van der Waals surface area contributed by atoms with Crippen LogP contribution >= 0.6 is 0 Å². The first-order chi connectivity index (χ1) is 14.9. The molecule has 0 fully saturated rings. The number of aromatic nitrogens is 6. The van der Waals surface area contributed by atoms with Crippen LogP contribution in [0.15, 0.2) is 35.1 Å². The molecule has 0 bridgehead atoms. The summed E-state index contributed by atoms with van der Waals surface area (Å²) in [6.45, 7) is 6.16. The van der Waals surface area contributed by atoms with Crippen molar-refractivity contribution in [3.05, 3.63) is 63.7 Å². The molecule has 4 aromatic rings. The van der Waals surface area contributed by atoms with Gasteiger partial charge in [-0.25, -0.2) is 19.2 Å². The minimum absolute atomic E-state index is 0.0115. The second-order valence-electron chi connectivity index (χ2n) is 7.58. The fourth-order valence-electron chi connectivity index (χ4n) is 3.89. The van der Waals surface area contributed by atoms with E-state index in [0.717, 1.165) is 34.2 Å². The largest absolute Gasteiger partial charge is 0.497 e. The van der Waals surface area contributed by atoms with Gasteiger partial charge in [0.1, 0.15) is 17.4 Å². The maximum Gasteiger partial charge on any atom is 0.272 e. The van der Waals surface area contributed by atoms with Crippen LogP contribution in [0.25, 0.3) is 16.8 Å². The first-order valence-corrected chi connectivity index (χ1v) is 10.1. The molecule has 0 aliphatic rings. The molecule has 0 radical (unpaired) electrons. The molecule has 0 amide bonds. The molecule has 9 heteroatoms. The molecule has 1 N–H and O–H groups in total. The first kappa shape index (κ1) is 20.8. The lowest BCUT2D eigenvalue weighted by atomic mass is 10.1. The third-order valence-corrected chi connectivity index (χ3v) is 5.24. The van der Waals surface area contributed by atoms with Crippen LogP contribution in [0.1, 0.15) is 36.0 Å². The van der Waals surface area contributed by atoms with Gasteiger partial charge >= 0.3 is 0 Å². The molecule has 162 valence electrons. The Balaban J connectivity index is 1.80. The summed E-state index contributed by atoms with van der Waals surface area (Å²) in [6.07, 6.45) is 0.558. The van der Waals surface area contributed by atoms with Gasteiger partial charge in [-0.05, 0) is 38.5 Å². The predicted molar refractivity (Wildman–Crippen MR) is 116 cm³/mol. The number of hydrogen-bond donors (Lipinski definition) is 1. The van der Waals surface area contributed by atoms with Crippen LogP contribution in [0.5, 0.6) is 5.75 Å². The number of H-pyrrole nitrogens is 1. The van der Waals surface area contributed by atoms with Gasteiger partial charge in [-0.3, -0.25) is 9.89 Å². The van der Waals surface area contributed by atoms with Crippen molar-refractivity contribution in [2.45, 2.75) is 39.8 Å². The molecule has 0 spiro atoms. The highest BCUT2D eigenvalue weighted by Crippen LogP contribution is 2.29. The van der Waals surface area contributed by atoms with E-state index < -0.39 is 0 Å². The normalized spacial score (nSPS) is 12.4. The summed E-state index contributed by atoms with van der Waals surface area (Å²) in [5, 5.41) is 7.60. The van der Waals surface area contributed by atoms with E-state index in [1.165, 1.54) is 4.52 Å². The van der Waals surface area contributed by atoms with Gasteiger partial charge in [-0.15, -0.1) is 0 Å². The summed E-state index contributed by atoms with van der Waals surface area (Å²) >= 11 is 0. The molecule has 0 aliphatic heterocycles. The number of nitrogens with zero attached hydrogens (tertiary/aromatic N) is 5. The van der Waals surface area contributed by atoms with Crippen molar-refractivity contribution >= 4 is 5.65 Å². The molecule has 4 rings (SSSR count). The fraction of sp³-hybridized carbons (Fsp3) is 0.364. The topological polar surface area (TPSA) is 99.3 Å². The number of nitrogens with one attached hydrogen (secondary N) is 1. The minimum atomic E-state index is -0.171. The predicted octanol–water partition coefficient (Wildman–Crippen LogP) is 2.86. The van der Waals surface area contributed by atoms with Gasteiger partial charge in [-0.2, -0.15) is 5.10 Å². The summed E-state index contributed by atoms with van der Waals surface area (Å²) in [6, 6.07) is 9.24. The number of fused-ring (bicyclic) bond motifs is 1. The zero-order valence-electron chi connectivity index (χ0n) is 18.3. The van der Waals surface area contributed by atoms with E-state index in [9.17, 15) is 4.79 Å². The first-order valence-electron chi connectivity index (χ1n) is 10.1. The molecule has 9 nitrogen and oxygen atoms in total. The SMILES string of the molecule is COCc1[nH]n2c(=O)cc(C[C@H](C)n3nc(C)nc3C)nc2c1-c1ccc(OC)cc1. The van der Waals surface area contributed by atoms with Gasteiger partial charge in [0, 0.05) is 25.2 Å². The maximum absolute atomic E-state index is 12.9. The Labute approximate surface area is 179 Å². The van der Waals surface area contributed by atoms with Crippen LogP contribution in [0, 0.1) is 13.8 Å². The lowest BCUT2D eigenvalue weighted by molar-refractivity contribution is 0.181. The number of rotatable bonds is 7. The molecule has 0 saturated heterocycles. The van der Waals surface area contributed by atoms with Crippen LogP contribution in [-0.2, 0) is 17.8 Å². The second-order valence-corrected chi connectivity index (χ2v) is 7.58. The average molecular weight is 422 g/mol. The lowest BCUT2D eigenvalue weighted by Gasteiger charge is -2.13. The third-order valence-electron chi connectivity index (χ3n) is 5.24.